The highest BCUT2D eigenvalue weighted by molar-refractivity contribution is 4.89. The SMILES string of the molecule is CC(C)NCC1(CCOC(C)C)CCC1. The van der Waals surface area contributed by atoms with Crippen LogP contribution in [0.4, 0.5) is 0 Å². The van der Waals surface area contributed by atoms with Crippen LogP contribution in [0.15, 0.2) is 0 Å². The number of hydrogen-bond acceptors (Lipinski definition) is 2. The zero-order chi connectivity index (χ0) is 11.3. The van der Waals surface area contributed by atoms with Crippen LogP contribution in [0.5, 0.6) is 0 Å². The minimum atomic E-state index is 0.375. The Hall–Kier alpha value is -0.0800. The average molecular weight is 213 g/mol. The summed E-state index contributed by atoms with van der Waals surface area (Å²) in [5.74, 6) is 0. The Morgan fingerprint density at radius 2 is 1.87 bits per heavy atom. The van der Waals surface area contributed by atoms with Gasteiger partial charge in [0.2, 0.25) is 0 Å². The van der Waals surface area contributed by atoms with E-state index < -0.39 is 0 Å². The molecule has 1 fully saturated rings. The Labute approximate surface area is 94.8 Å². The second-order valence-electron chi connectivity index (χ2n) is 5.56. The quantitative estimate of drug-likeness (QED) is 0.702. The van der Waals surface area contributed by atoms with Crippen LogP contribution in [0, 0.1) is 5.41 Å². The number of nitrogens with one attached hydrogen (secondary N) is 1. The molecule has 0 saturated heterocycles. The first kappa shape index (κ1) is 13.0. The van der Waals surface area contributed by atoms with E-state index in [9.17, 15) is 0 Å². The van der Waals surface area contributed by atoms with Crippen LogP contribution >= 0.6 is 0 Å². The van der Waals surface area contributed by atoms with Gasteiger partial charge in [-0.15, -0.1) is 0 Å². The highest BCUT2D eigenvalue weighted by Gasteiger charge is 2.36. The molecule has 0 atom stereocenters. The molecule has 1 aliphatic rings. The van der Waals surface area contributed by atoms with E-state index in [0.717, 1.165) is 6.61 Å². The van der Waals surface area contributed by atoms with E-state index >= 15 is 0 Å². The highest BCUT2D eigenvalue weighted by atomic mass is 16.5. The van der Waals surface area contributed by atoms with Crippen molar-refractivity contribution in [1.82, 2.24) is 5.32 Å². The van der Waals surface area contributed by atoms with Gasteiger partial charge in [0.15, 0.2) is 0 Å². The Kier molecular flexibility index (Phi) is 5.07. The van der Waals surface area contributed by atoms with E-state index in [2.05, 4.69) is 33.0 Å². The molecule has 0 bridgehead atoms. The van der Waals surface area contributed by atoms with Gasteiger partial charge in [0.1, 0.15) is 0 Å². The first-order valence-electron chi connectivity index (χ1n) is 6.39. The second kappa shape index (κ2) is 5.86. The molecule has 0 aromatic heterocycles. The van der Waals surface area contributed by atoms with Gasteiger partial charge in [-0.2, -0.15) is 0 Å². The predicted molar refractivity (Wildman–Crippen MR) is 65.1 cm³/mol. The van der Waals surface area contributed by atoms with Gasteiger partial charge in [-0.05, 0) is 38.5 Å². The first-order chi connectivity index (χ1) is 7.04. The van der Waals surface area contributed by atoms with Crippen molar-refractivity contribution in [2.45, 2.75) is 65.5 Å². The van der Waals surface area contributed by atoms with Crippen LogP contribution in [0.1, 0.15) is 53.4 Å². The fraction of sp³-hybridized carbons (Fsp3) is 1.00. The second-order valence-corrected chi connectivity index (χ2v) is 5.56. The van der Waals surface area contributed by atoms with Crippen LogP contribution in [0.25, 0.3) is 0 Å². The molecule has 0 amide bonds. The van der Waals surface area contributed by atoms with Crippen molar-refractivity contribution in [2.24, 2.45) is 5.41 Å². The van der Waals surface area contributed by atoms with E-state index in [-0.39, 0.29) is 0 Å². The Morgan fingerprint density at radius 1 is 1.20 bits per heavy atom. The van der Waals surface area contributed by atoms with Crippen molar-refractivity contribution in [3.8, 4) is 0 Å². The van der Waals surface area contributed by atoms with Crippen molar-refractivity contribution < 1.29 is 4.74 Å². The summed E-state index contributed by atoms with van der Waals surface area (Å²) in [6, 6.07) is 0.605. The van der Waals surface area contributed by atoms with Crippen LogP contribution < -0.4 is 5.32 Å². The van der Waals surface area contributed by atoms with E-state index in [1.54, 1.807) is 0 Å². The third-order valence-electron chi connectivity index (χ3n) is 3.38. The zero-order valence-electron chi connectivity index (χ0n) is 10.8. The average Bonchev–Trinajstić information content (AvgIpc) is 2.07. The molecular weight excluding hydrogens is 186 g/mol. The Morgan fingerprint density at radius 3 is 2.27 bits per heavy atom. The topological polar surface area (TPSA) is 21.3 Å². The van der Waals surface area contributed by atoms with Crippen molar-refractivity contribution in [3.63, 3.8) is 0 Å². The lowest BCUT2D eigenvalue weighted by Gasteiger charge is -2.43. The van der Waals surface area contributed by atoms with Crippen molar-refractivity contribution in [1.29, 1.82) is 0 Å². The smallest absolute Gasteiger partial charge is 0.0518 e. The van der Waals surface area contributed by atoms with Crippen LogP contribution in [0.2, 0.25) is 0 Å². The Bertz CT molecular complexity index is 173. The van der Waals surface area contributed by atoms with Crippen molar-refractivity contribution in [2.75, 3.05) is 13.2 Å². The summed E-state index contributed by atoms with van der Waals surface area (Å²) in [7, 11) is 0. The molecule has 15 heavy (non-hydrogen) atoms. The number of ether oxygens (including phenoxy) is 1. The number of rotatable bonds is 7. The number of hydrogen-bond donors (Lipinski definition) is 1. The van der Waals surface area contributed by atoms with Gasteiger partial charge in [-0.1, -0.05) is 20.3 Å². The molecule has 2 nitrogen and oxygen atoms in total. The lowest BCUT2D eigenvalue weighted by Crippen LogP contribution is -2.43. The fourth-order valence-corrected chi connectivity index (χ4v) is 2.12. The lowest BCUT2D eigenvalue weighted by molar-refractivity contribution is 0.0223. The maximum Gasteiger partial charge on any atom is 0.0518 e. The van der Waals surface area contributed by atoms with Gasteiger partial charge in [0.05, 0.1) is 6.10 Å². The molecule has 1 aliphatic carbocycles. The zero-order valence-corrected chi connectivity index (χ0v) is 10.8. The van der Waals surface area contributed by atoms with E-state index in [1.165, 1.54) is 32.2 Å². The molecule has 1 saturated carbocycles. The predicted octanol–water partition coefficient (Wildman–Crippen LogP) is 2.97. The van der Waals surface area contributed by atoms with Crippen molar-refractivity contribution >= 4 is 0 Å². The van der Waals surface area contributed by atoms with Gasteiger partial charge in [-0.3, -0.25) is 0 Å². The van der Waals surface area contributed by atoms with Crippen LogP contribution in [-0.4, -0.2) is 25.3 Å². The standard InChI is InChI=1S/C13H27NO/c1-11(2)14-10-13(6-5-7-13)8-9-15-12(3)4/h11-12,14H,5-10H2,1-4H3. The summed E-state index contributed by atoms with van der Waals surface area (Å²) < 4.78 is 5.65. The highest BCUT2D eigenvalue weighted by Crippen LogP contribution is 2.43. The third kappa shape index (κ3) is 4.52. The molecule has 0 radical (unpaired) electrons. The molecule has 0 heterocycles. The van der Waals surface area contributed by atoms with Gasteiger partial charge in [0, 0.05) is 19.2 Å². The van der Waals surface area contributed by atoms with Crippen molar-refractivity contribution in [3.05, 3.63) is 0 Å². The normalized spacial score (nSPS) is 19.6. The summed E-state index contributed by atoms with van der Waals surface area (Å²) >= 11 is 0. The monoisotopic (exact) mass is 213 g/mol. The van der Waals surface area contributed by atoms with E-state index in [1.807, 2.05) is 0 Å². The molecule has 0 aromatic rings. The van der Waals surface area contributed by atoms with E-state index in [4.69, 9.17) is 4.74 Å². The Balaban J connectivity index is 2.21. The first-order valence-corrected chi connectivity index (χ1v) is 6.39. The molecule has 1 N–H and O–H groups in total. The van der Waals surface area contributed by atoms with Gasteiger partial charge in [-0.25, -0.2) is 0 Å². The minimum Gasteiger partial charge on any atom is -0.379 e. The summed E-state index contributed by atoms with van der Waals surface area (Å²) in [6.45, 7) is 10.8. The maximum atomic E-state index is 5.65. The van der Waals surface area contributed by atoms with Gasteiger partial charge < -0.3 is 10.1 Å². The largest absolute Gasteiger partial charge is 0.379 e. The molecule has 90 valence electrons. The molecule has 2 heteroatoms. The lowest BCUT2D eigenvalue weighted by atomic mass is 9.66. The maximum absolute atomic E-state index is 5.65. The van der Waals surface area contributed by atoms with Gasteiger partial charge >= 0.3 is 0 Å². The molecule has 0 aliphatic heterocycles. The summed E-state index contributed by atoms with van der Waals surface area (Å²) in [4.78, 5) is 0. The fourth-order valence-electron chi connectivity index (χ4n) is 2.12. The van der Waals surface area contributed by atoms with Crippen LogP contribution in [0.3, 0.4) is 0 Å². The summed E-state index contributed by atoms with van der Waals surface area (Å²) in [6.07, 6.45) is 5.77. The molecule has 0 spiro atoms. The summed E-state index contributed by atoms with van der Waals surface area (Å²) in [5, 5.41) is 3.57. The summed E-state index contributed by atoms with van der Waals surface area (Å²) in [5.41, 5.74) is 0.555. The minimum absolute atomic E-state index is 0.375. The molecule has 0 aromatic carbocycles. The van der Waals surface area contributed by atoms with Crippen LogP contribution in [-0.2, 0) is 4.74 Å². The van der Waals surface area contributed by atoms with Gasteiger partial charge in [0.25, 0.3) is 0 Å². The molecular formula is C13H27NO. The van der Waals surface area contributed by atoms with E-state index in [0.29, 0.717) is 17.6 Å². The third-order valence-corrected chi connectivity index (χ3v) is 3.38. The molecule has 0 unspecified atom stereocenters. The molecule has 1 rings (SSSR count).